The molecule has 0 saturated carbocycles. The van der Waals surface area contributed by atoms with E-state index in [2.05, 4.69) is 46.1 Å². The molecule has 3 rings (SSSR count). The minimum absolute atomic E-state index is 0.743. The summed E-state index contributed by atoms with van der Waals surface area (Å²) in [6.45, 7) is 5.50. The summed E-state index contributed by atoms with van der Waals surface area (Å²) < 4.78 is 0. The van der Waals surface area contributed by atoms with Gasteiger partial charge in [-0.3, -0.25) is 14.9 Å². The van der Waals surface area contributed by atoms with Gasteiger partial charge < -0.3 is 0 Å². The van der Waals surface area contributed by atoms with E-state index in [1.807, 2.05) is 18.6 Å². The maximum Gasteiger partial charge on any atom is 0.0407 e. The van der Waals surface area contributed by atoms with Crippen LogP contribution in [0.25, 0.3) is 0 Å². The topological polar surface area (TPSA) is 29.0 Å². The lowest BCUT2D eigenvalue weighted by Gasteiger charge is -2.15. The summed E-state index contributed by atoms with van der Waals surface area (Å²) in [6.07, 6.45) is 8.10. The molecule has 1 atom stereocenters. The summed E-state index contributed by atoms with van der Waals surface area (Å²) in [4.78, 5) is 11.1. The van der Waals surface area contributed by atoms with Crippen LogP contribution in [-0.2, 0) is 13.0 Å². The van der Waals surface area contributed by atoms with Crippen molar-refractivity contribution < 1.29 is 0 Å². The van der Waals surface area contributed by atoms with E-state index in [9.17, 15) is 0 Å². The molecule has 0 bridgehead atoms. The minimum atomic E-state index is 0.743. The van der Waals surface area contributed by atoms with Gasteiger partial charge in [0.2, 0.25) is 0 Å². The first-order valence-corrected chi connectivity index (χ1v) is 7.32. The van der Waals surface area contributed by atoms with Crippen LogP contribution in [-0.4, -0.2) is 28.0 Å². The van der Waals surface area contributed by atoms with Gasteiger partial charge in [0.1, 0.15) is 0 Å². The molecule has 1 aliphatic rings. The lowest BCUT2D eigenvalue weighted by atomic mass is 10.0. The van der Waals surface area contributed by atoms with Crippen molar-refractivity contribution in [3.05, 3.63) is 59.7 Å². The third-order valence-corrected chi connectivity index (χ3v) is 4.00. The number of rotatable bonds is 4. The highest BCUT2D eigenvalue weighted by molar-refractivity contribution is 5.13. The van der Waals surface area contributed by atoms with Crippen molar-refractivity contribution in [3.8, 4) is 0 Å². The molecule has 0 N–H and O–H groups in total. The summed E-state index contributed by atoms with van der Waals surface area (Å²) in [6, 6.07) is 8.54. The molecule has 0 spiro atoms. The fraction of sp³-hybridized carbons (Fsp3) is 0.412. The van der Waals surface area contributed by atoms with Crippen LogP contribution in [0.4, 0.5) is 0 Å². The average Bonchev–Trinajstić information content (AvgIpc) is 2.90. The molecule has 1 fully saturated rings. The Balaban J connectivity index is 1.53. The van der Waals surface area contributed by atoms with Gasteiger partial charge >= 0.3 is 0 Å². The first-order valence-electron chi connectivity index (χ1n) is 7.32. The molecule has 0 aliphatic carbocycles. The molecular weight excluding hydrogens is 246 g/mol. The second-order valence-electron chi connectivity index (χ2n) is 5.78. The van der Waals surface area contributed by atoms with Gasteiger partial charge in [-0.1, -0.05) is 6.07 Å². The summed E-state index contributed by atoms with van der Waals surface area (Å²) in [7, 11) is 0. The Labute approximate surface area is 120 Å². The Hall–Kier alpha value is -1.74. The molecule has 0 unspecified atom stereocenters. The standard InChI is InChI=1S/C17H21N3/c1-14-2-3-17(19-11-14)10-16-6-9-20(13-16)12-15-4-7-18-8-5-15/h2-5,7-8,11,16H,6,9-10,12-13H2,1H3/t16-/m0/s1. The molecule has 0 aromatic carbocycles. The lowest BCUT2D eigenvalue weighted by molar-refractivity contribution is 0.316. The molecule has 20 heavy (non-hydrogen) atoms. The fourth-order valence-corrected chi connectivity index (χ4v) is 2.88. The van der Waals surface area contributed by atoms with Crippen LogP contribution >= 0.6 is 0 Å². The van der Waals surface area contributed by atoms with Crippen LogP contribution < -0.4 is 0 Å². The zero-order valence-electron chi connectivity index (χ0n) is 12.0. The predicted octanol–water partition coefficient (Wildman–Crippen LogP) is 2.85. The van der Waals surface area contributed by atoms with E-state index in [0.717, 1.165) is 18.9 Å². The first kappa shape index (κ1) is 13.3. The molecule has 104 valence electrons. The Morgan fingerprint density at radius 2 is 2.05 bits per heavy atom. The minimum Gasteiger partial charge on any atom is -0.299 e. The van der Waals surface area contributed by atoms with Gasteiger partial charge in [-0.15, -0.1) is 0 Å². The van der Waals surface area contributed by atoms with Gasteiger partial charge in [-0.05, 0) is 61.6 Å². The molecule has 2 aromatic rings. The number of likely N-dealkylation sites (tertiary alicyclic amines) is 1. The summed E-state index contributed by atoms with van der Waals surface area (Å²) in [5.74, 6) is 0.743. The molecule has 3 nitrogen and oxygen atoms in total. The summed E-state index contributed by atoms with van der Waals surface area (Å²) in [5.41, 5.74) is 3.82. The monoisotopic (exact) mass is 267 g/mol. The highest BCUT2D eigenvalue weighted by atomic mass is 15.1. The van der Waals surface area contributed by atoms with Crippen molar-refractivity contribution in [2.24, 2.45) is 5.92 Å². The second-order valence-corrected chi connectivity index (χ2v) is 5.78. The van der Waals surface area contributed by atoms with Crippen LogP contribution in [0.5, 0.6) is 0 Å². The van der Waals surface area contributed by atoms with Crippen molar-refractivity contribution in [1.29, 1.82) is 0 Å². The first-order chi connectivity index (χ1) is 9.79. The quantitative estimate of drug-likeness (QED) is 0.853. The van der Waals surface area contributed by atoms with Gasteiger partial charge in [0.05, 0.1) is 0 Å². The smallest absolute Gasteiger partial charge is 0.0407 e. The third-order valence-electron chi connectivity index (χ3n) is 4.00. The van der Waals surface area contributed by atoms with Gasteiger partial charge in [0, 0.05) is 37.4 Å². The zero-order chi connectivity index (χ0) is 13.8. The average molecular weight is 267 g/mol. The number of aryl methyl sites for hydroxylation is 1. The van der Waals surface area contributed by atoms with E-state index in [-0.39, 0.29) is 0 Å². The van der Waals surface area contributed by atoms with E-state index < -0.39 is 0 Å². The predicted molar refractivity (Wildman–Crippen MR) is 80.3 cm³/mol. The van der Waals surface area contributed by atoms with E-state index in [4.69, 9.17) is 0 Å². The van der Waals surface area contributed by atoms with Gasteiger partial charge in [0.15, 0.2) is 0 Å². The van der Waals surface area contributed by atoms with Crippen LogP contribution in [0, 0.1) is 12.8 Å². The van der Waals surface area contributed by atoms with E-state index in [1.54, 1.807) is 0 Å². The van der Waals surface area contributed by atoms with E-state index >= 15 is 0 Å². The molecule has 2 aromatic heterocycles. The Kier molecular flexibility index (Phi) is 4.07. The van der Waals surface area contributed by atoms with Crippen molar-refractivity contribution in [1.82, 2.24) is 14.9 Å². The Morgan fingerprint density at radius 1 is 1.20 bits per heavy atom. The lowest BCUT2D eigenvalue weighted by Crippen LogP contribution is -2.20. The van der Waals surface area contributed by atoms with Gasteiger partial charge in [-0.2, -0.15) is 0 Å². The van der Waals surface area contributed by atoms with Crippen LogP contribution in [0.1, 0.15) is 23.2 Å². The van der Waals surface area contributed by atoms with Crippen molar-refractivity contribution in [3.63, 3.8) is 0 Å². The normalized spacial score (nSPS) is 19.4. The summed E-state index contributed by atoms with van der Waals surface area (Å²) in [5, 5.41) is 0. The van der Waals surface area contributed by atoms with E-state index in [1.165, 1.54) is 36.3 Å². The van der Waals surface area contributed by atoms with E-state index in [0.29, 0.717) is 0 Å². The van der Waals surface area contributed by atoms with Gasteiger partial charge in [0.25, 0.3) is 0 Å². The number of nitrogens with zero attached hydrogens (tertiary/aromatic N) is 3. The maximum absolute atomic E-state index is 4.52. The van der Waals surface area contributed by atoms with Crippen molar-refractivity contribution in [2.45, 2.75) is 26.3 Å². The number of aromatic nitrogens is 2. The van der Waals surface area contributed by atoms with Crippen LogP contribution in [0.15, 0.2) is 42.9 Å². The number of hydrogen-bond donors (Lipinski definition) is 0. The third kappa shape index (κ3) is 3.42. The van der Waals surface area contributed by atoms with Crippen LogP contribution in [0.2, 0.25) is 0 Å². The largest absolute Gasteiger partial charge is 0.299 e. The highest BCUT2D eigenvalue weighted by Gasteiger charge is 2.22. The second kappa shape index (κ2) is 6.14. The maximum atomic E-state index is 4.52. The molecule has 3 heterocycles. The van der Waals surface area contributed by atoms with Crippen LogP contribution in [0.3, 0.4) is 0 Å². The molecule has 1 aliphatic heterocycles. The SMILES string of the molecule is Cc1ccc(C[C@@H]2CCN(Cc3ccncc3)C2)nc1. The van der Waals surface area contributed by atoms with Gasteiger partial charge in [-0.25, -0.2) is 0 Å². The molecule has 3 heteroatoms. The van der Waals surface area contributed by atoms with Crippen molar-refractivity contribution in [2.75, 3.05) is 13.1 Å². The highest BCUT2D eigenvalue weighted by Crippen LogP contribution is 2.21. The molecule has 0 amide bonds. The summed E-state index contributed by atoms with van der Waals surface area (Å²) >= 11 is 0. The zero-order valence-corrected chi connectivity index (χ0v) is 12.0. The molecule has 0 radical (unpaired) electrons. The number of pyridine rings is 2. The Morgan fingerprint density at radius 3 is 2.80 bits per heavy atom. The van der Waals surface area contributed by atoms with Crippen molar-refractivity contribution >= 4 is 0 Å². The Bertz CT molecular complexity index is 536. The fourth-order valence-electron chi connectivity index (χ4n) is 2.88. The molecule has 1 saturated heterocycles. The molecular formula is C17H21N3. The number of hydrogen-bond acceptors (Lipinski definition) is 3.